The van der Waals surface area contributed by atoms with Crippen molar-refractivity contribution >= 4 is 17.0 Å². The summed E-state index contributed by atoms with van der Waals surface area (Å²) in [6.07, 6.45) is 0.532. The number of piperidine rings is 1. The summed E-state index contributed by atoms with van der Waals surface area (Å²) in [5.74, 6) is -5.01. The van der Waals surface area contributed by atoms with Crippen LogP contribution in [0.5, 0.6) is 0 Å². The molecule has 2 aromatic heterocycles. The van der Waals surface area contributed by atoms with Crippen LogP contribution in [-0.2, 0) is 6.54 Å². The fraction of sp³-hybridized carbons (Fsp3) is 0.333. The van der Waals surface area contributed by atoms with Gasteiger partial charge in [0.1, 0.15) is 17.2 Å². The fourth-order valence-electron chi connectivity index (χ4n) is 3.34. The third-order valence-electron chi connectivity index (χ3n) is 4.81. The number of halogens is 5. The second-order valence-corrected chi connectivity index (χ2v) is 6.78. The van der Waals surface area contributed by atoms with Gasteiger partial charge in [-0.2, -0.15) is 0 Å². The number of nitrogens with zero attached hydrogens (tertiary/aromatic N) is 4. The van der Waals surface area contributed by atoms with Gasteiger partial charge in [-0.15, -0.1) is 0 Å². The van der Waals surface area contributed by atoms with Crippen LogP contribution < -0.4 is 10.6 Å². The Hall–Kier alpha value is -2.75. The molecule has 0 saturated carbocycles. The maximum atomic E-state index is 14.5. The molecule has 0 aliphatic carbocycles. The quantitative estimate of drug-likeness (QED) is 0.691. The molecule has 0 amide bonds. The van der Waals surface area contributed by atoms with Gasteiger partial charge in [0, 0.05) is 31.6 Å². The summed E-state index contributed by atoms with van der Waals surface area (Å²) >= 11 is 0. The zero-order valence-corrected chi connectivity index (χ0v) is 14.5. The monoisotopic (exact) mass is 397 g/mol. The van der Waals surface area contributed by atoms with Crippen LogP contribution in [0, 0.1) is 17.5 Å². The average molecular weight is 397 g/mol. The smallest absolute Gasteiger partial charge is 0.266 e. The number of alkyl halides is 2. The molecule has 0 bridgehead atoms. The van der Waals surface area contributed by atoms with E-state index in [1.807, 2.05) is 0 Å². The number of hydrogen-bond acceptors (Lipinski definition) is 4. The van der Waals surface area contributed by atoms with Crippen molar-refractivity contribution in [1.82, 2.24) is 14.5 Å². The lowest BCUT2D eigenvalue weighted by Gasteiger charge is -2.37. The SMILES string of the molecule is N[C@@H]1CN(c2nc3cc(F)cc(F)c3n2Cc2ccc(F)cn2)CCC1(F)F. The highest BCUT2D eigenvalue weighted by Gasteiger charge is 2.43. The number of anilines is 1. The van der Waals surface area contributed by atoms with Gasteiger partial charge < -0.3 is 15.2 Å². The van der Waals surface area contributed by atoms with Crippen LogP contribution in [0.3, 0.4) is 0 Å². The molecule has 0 spiro atoms. The van der Waals surface area contributed by atoms with Crippen LogP contribution in [0.15, 0.2) is 30.5 Å². The first-order chi connectivity index (χ1) is 13.2. The van der Waals surface area contributed by atoms with E-state index in [9.17, 15) is 22.0 Å². The molecule has 5 nitrogen and oxygen atoms in total. The largest absolute Gasteiger partial charge is 0.340 e. The van der Waals surface area contributed by atoms with Gasteiger partial charge in [-0.05, 0) is 12.1 Å². The van der Waals surface area contributed by atoms with Crippen molar-refractivity contribution in [3.05, 3.63) is 53.6 Å². The van der Waals surface area contributed by atoms with E-state index in [0.29, 0.717) is 5.69 Å². The summed E-state index contributed by atoms with van der Waals surface area (Å²) in [5.41, 5.74) is 6.04. The molecule has 1 aliphatic heterocycles. The van der Waals surface area contributed by atoms with Crippen LogP contribution in [0.1, 0.15) is 12.1 Å². The number of imidazole rings is 1. The number of pyridine rings is 1. The molecule has 1 atom stereocenters. The van der Waals surface area contributed by atoms with Gasteiger partial charge in [0.2, 0.25) is 5.95 Å². The Labute approximate surface area is 156 Å². The van der Waals surface area contributed by atoms with E-state index in [1.54, 1.807) is 0 Å². The lowest BCUT2D eigenvalue weighted by molar-refractivity contribution is -0.0395. The molecule has 0 radical (unpaired) electrons. The Balaban J connectivity index is 1.81. The van der Waals surface area contributed by atoms with Crippen molar-refractivity contribution in [1.29, 1.82) is 0 Å². The van der Waals surface area contributed by atoms with Crippen molar-refractivity contribution in [2.24, 2.45) is 5.73 Å². The number of nitrogens with two attached hydrogens (primary N) is 1. The van der Waals surface area contributed by atoms with Crippen LogP contribution in [-0.4, -0.2) is 39.6 Å². The normalized spacial score (nSPS) is 19.4. The summed E-state index contributed by atoms with van der Waals surface area (Å²) < 4.78 is 70.2. The third-order valence-corrected chi connectivity index (χ3v) is 4.81. The maximum absolute atomic E-state index is 14.5. The molecule has 3 aromatic rings. The van der Waals surface area contributed by atoms with Gasteiger partial charge in [-0.3, -0.25) is 4.98 Å². The van der Waals surface area contributed by atoms with Crippen molar-refractivity contribution in [2.75, 3.05) is 18.0 Å². The third kappa shape index (κ3) is 3.28. The number of aromatic nitrogens is 3. The first-order valence-corrected chi connectivity index (χ1v) is 8.58. The van der Waals surface area contributed by atoms with Crippen LogP contribution in [0.2, 0.25) is 0 Å². The minimum Gasteiger partial charge on any atom is -0.340 e. The molecular weight excluding hydrogens is 381 g/mol. The molecule has 10 heteroatoms. The molecule has 28 heavy (non-hydrogen) atoms. The number of rotatable bonds is 3. The molecule has 1 aliphatic rings. The molecular formula is C18H16F5N5. The van der Waals surface area contributed by atoms with Gasteiger partial charge in [-0.1, -0.05) is 0 Å². The van der Waals surface area contributed by atoms with E-state index in [-0.39, 0.29) is 36.6 Å². The average Bonchev–Trinajstić information content (AvgIpc) is 2.97. The second kappa shape index (κ2) is 6.69. The lowest BCUT2D eigenvalue weighted by Crippen LogP contribution is -2.55. The van der Waals surface area contributed by atoms with Gasteiger partial charge in [0.05, 0.1) is 30.0 Å². The Kier molecular flexibility index (Phi) is 4.45. The predicted molar refractivity (Wildman–Crippen MR) is 92.7 cm³/mol. The predicted octanol–water partition coefficient (Wildman–Crippen LogP) is 3.07. The van der Waals surface area contributed by atoms with E-state index in [2.05, 4.69) is 9.97 Å². The van der Waals surface area contributed by atoms with Crippen molar-refractivity contribution < 1.29 is 22.0 Å². The van der Waals surface area contributed by atoms with Crippen molar-refractivity contribution in [3.8, 4) is 0 Å². The summed E-state index contributed by atoms with van der Waals surface area (Å²) in [7, 11) is 0. The molecule has 1 fully saturated rings. The first kappa shape index (κ1) is 18.6. The molecule has 4 rings (SSSR count). The van der Waals surface area contributed by atoms with E-state index >= 15 is 0 Å². The van der Waals surface area contributed by atoms with E-state index in [4.69, 9.17) is 5.73 Å². The summed E-state index contributed by atoms with van der Waals surface area (Å²) in [6.45, 7) is -0.251. The highest BCUT2D eigenvalue weighted by Crippen LogP contribution is 2.32. The summed E-state index contributed by atoms with van der Waals surface area (Å²) in [4.78, 5) is 9.73. The molecule has 2 N–H and O–H groups in total. The lowest BCUT2D eigenvalue weighted by atomic mass is 10.0. The topological polar surface area (TPSA) is 60.0 Å². The molecule has 3 heterocycles. The van der Waals surface area contributed by atoms with E-state index in [1.165, 1.54) is 21.6 Å². The van der Waals surface area contributed by atoms with Crippen LogP contribution in [0.4, 0.5) is 27.9 Å². The maximum Gasteiger partial charge on any atom is 0.266 e. The van der Waals surface area contributed by atoms with Crippen LogP contribution in [0.25, 0.3) is 11.0 Å². The molecule has 1 saturated heterocycles. The Morgan fingerprint density at radius 1 is 1.14 bits per heavy atom. The molecule has 0 unspecified atom stereocenters. The number of benzene rings is 1. The fourth-order valence-corrected chi connectivity index (χ4v) is 3.34. The minimum atomic E-state index is -3.01. The second-order valence-electron chi connectivity index (χ2n) is 6.78. The Morgan fingerprint density at radius 3 is 2.61 bits per heavy atom. The van der Waals surface area contributed by atoms with Gasteiger partial charge >= 0.3 is 0 Å². The zero-order valence-electron chi connectivity index (χ0n) is 14.5. The van der Waals surface area contributed by atoms with E-state index in [0.717, 1.165) is 18.3 Å². The van der Waals surface area contributed by atoms with Crippen molar-refractivity contribution in [3.63, 3.8) is 0 Å². The van der Waals surface area contributed by atoms with E-state index < -0.39 is 35.8 Å². The zero-order chi connectivity index (χ0) is 20.1. The Morgan fingerprint density at radius 2 is 1.93 bits per heavy atom. The molecule has 1 aromatic carbocycles. The highest BCUT2D eigenvalue weighted by molar-refractivity contribution is 5.80. The number of fused-ring (bicyclic) bond motifs is 1. The van der Waals surface area contributed by atoms with Crippen LogP contribution >= 0.6 is 0 Å². The molecule has 148 valence electrons. The van der Waals surface area contributed by atoms with Crippen molar-refractivity contribution in [2.45, 2.75) is 24.9 Å². The highest BCUT2D eigenvalue weighted by atomic mass is 19.3. The van der Waals surface area contributed by atoms with Gasteiger partial charge in [-0.25, -0.2) is 26.9 Å². The first-order valence-electron chi connectivity index (χ1n) is 8.58. The van der Waals surface area contributed by atoms with Gasteiger partial charge in [0.25, 0.3) is 5.92 Å². The Bertz CT molecular complexity index is 1020. The van der Waals surface area contributed by atoms with Gasteiger partial charge in [0.15, 0.2) is 5.82 Å². The number of hydrogen-bond donors (Lipinski definition) is 1. The standard InChI is InChI=1S/C18H16F5N5/c19-10-1-2-12(25-7-10)8-28-16-13(21)5-11(20)6-14(16)26-17(28)27-4-3-18(22,23)15(24)9-27/h1-2,5-7,15H,3-4,8-9,24H2/t15-/m1/s1. The summed E-state index contributed by atoms with van der Waals surface area (Å²) in [6, 6.07) is 2.99. The summed E-state index contributed by atoms with van der Waals surface area (Å²) in [5, 5.41) is 0. The minimum absolute atomic E-state index is 0.00318.